The van der Waals surface area contributed by atoms with Crippen LogP contribution in [0.2, 0.25) is 0 Å². The number of anilines is 2. The van der Waals surface area contributed by atoms with Crippen molar-refractivity contribution in [3.63, 3.8) is 0 Å². The first-order valence-electron chi connectivity index (χ1n) is 11.3. The van der Waals surface area contributed by atoms with Crippen LogP contribution in [-0.4, -0.2) is 53.7 Å². The van der Waals surface area contributed by atoms with Gasteiger partial charge in [0.1, 0.15) is 5.69 Å². The molecule has 172 valence electrons. The van der Waals surface area contributed by atoms with Crippen LogP contribution >= 0.6 is 11.3 Å². The van der Waals surface area contributed by atoms with Crippen LogP contribution in [0.5, 0.6) is 11.5 Å². The second-order valence-corrected chi connectivity index (χ2v) is 9.30. The summed E-state index contributed by atoms with van der Waals surface area (Å²) in [7, 11) is 0. The first kappa shape index (κ1) is 20.9. The van der Waals surface area contributed by atoms with Crippen molar-refractivity contribution in [3.8, 4) is 11.5 Å². The topological polar surface area (TPSA) is 66.9 Å². The number of piperazine rings is 1. The Labute approximate surface area is 201 Å². The molecule has 0 aliphatic carbocycles. The lowest BCUT2D eigenvalue weighted by Crippen LogP contribution is -2.48. The van der Waals surface area contributed by atoms with Crippen LogP contribution in [0.25, 0.3) is 10.8 Å². The van der Waals surface area contributed by atoms with E-state index in [-0.39, 0.29) is 12.7 Å². The van der Waals surface area contributed by atoms with Gasteiger partial charge < -0.3 is 19.7 Å². The van der Waals surface area contributed by atoms with Gasteiger partial charge in [-0.3, -0.25) is 9.69 Å². The molecule has 1 aromatic heterocycles. The van der Waals surface area contributed by atoms with E-state index in [0.29, 0.717) is 18.8 Å². The lowest BCUT2D eigenvalue weighted by Gasteiger charge is -2.34. The zero-order chi connectivity index (χ0) is 22.9. The third kappa shape index (κ3) is 4.18. The van der Waals surface area contributed by atoms with Crippen molar-refractivity contribution in [2.24, 2.45) is 0 Å². The summed E-state index contributed by atoms with van der Waals surface area (Å²) in [5.74, 6) is 1.60. The first-order chi connectivity index (χ1) is 16.7. The zero-order valence-electron chi connectivity index (χ0n) is 18.6. The number of ether oxygens (including phenoxy) is 2. The van der Waals surface area contributed by atoms with Crippen LogP contribution < -0.4 is 14.8 Å². The van der Waals surface area contributed by atoms with Crippen molar-refractivity contribution in [2.45, 2.75) is 6.54 Å². The fraction of sp³-hybridized carbons (Fsp3) is 0.231. The van der Waals surface area contributed by atoms with Crippen molar-refractivity contribution in [3.05, 3.63) is 77.3 Å². The minimum absolute atomic E-state index is 0.00931. The van der Waals surface area contributed by atoms with E-state index in [1.165, 1.54) is 22.3 Å². The number of hydrogen-bond acceptors (Lipinski definition) is 7. The van der Waals surface area contributed by atoms with E-state index in [9.17, 15) is 4.79 Å². The second-order valence-electron chi connectivity index (χ2n) is 8.45. The molecule has 2 aliphatic heterocycles. The number of aromatic nitrogens is 1. The van der Waals surface area contributed by atoms with Gasteiger partial charge >= 0.3 is 0 Å². The van der Waals surface area contributed by atoms with Crippen molar-refractivity contribution in [1.29, 1.82) is 0 Å². The van der Waals surface area contributed by atoms with E-state index >= 15 is 0 Å². The van der Waals surface area contributed by atoms with E-state index in [2.05, 4.69) is 39.5 Å². The SMILES string of the molecule is O=C(c1csc(Nc2cccc3ccccc23)n1)N1CCN(Cc2ccc3c(c2)OCO3)CC1. The van der Waals surface area contributed by atoms with Gasteiger partial charge in [0, 0.05) is 49.2 Å². The summed E-state index contributed by atoms with van der Waals surface area (Å²) >= 11 is 1.46. The highest BCUT2D eigenvalue weighted by atomic mass is 32.1. The van der Waals surface area contributed by atoms with Crippen molar-refractivity contribution in [2.75, 3.05) is 38.3 Å². The van der Waals surface area contributed by atoms with E-state index in [0.717, 1.165) is 47.3 Å². The first-order valence-corrected chi connectivity index (χ1v) is 12.2. The highest BCUT2D eigenvalue weighted by Gasteiger charge is 2.24. The maximum absolute atomic E-state index is 13.1. The number of rotatable bonds is 5. The fourth-order valence-corrected chi connectivity index (χ4v) is 5.14. The van der Waals surface area contributed by atoms with E-state index in [4.69, 9.17) is 9.47 Å². The Morgan fingerprint density at radius 2 is 1.79 bits per heavy atom. The standard InChI is InChI=1S/C26H24N4O3S/c31-25(22-16-34-26(28-22)27-21-7-3-5-19-4-1-2-6-20(19)21)30-12-10-29(11-13-30)15-18-8-9-23-24(14-18)33-17-32-23/h1-9,14,16H,10-13,15,17H2,(H,27,28). The Hall–Kier alpha value is -3.62. The molecule has 0 saturated carbocycles. The van der Waals surface area contributed by atoms with Gasteiger partial charge in [0.25, 0.3) is 5.91 Å². The van der Waals surface area contributed by atoms with Gasteiger partial charge in [-0.1, -0.05) is 42.5 Å². The molecule has 6 rings (SSSR count). The lowest BCUT2D eigenvalue weighted by molar-refractivity contribution is 0.0623. The molecule has 0 radical (unpaired) electrons. The van der Waals surface area contributed by atoms with E-state index < -0.39 is 0 Å². The fourth-order valence-electron chi connectivity index (χ4n) is 4.45. The van der Waals surface area contributed by atoms with Crippen LogP contribution in [0.1, 0.15) is 16.1 Å². The summed E-state index contributed by atoms with van der Waals surface area (Å²) in [5.41, 5.74) is 2.67. The third-order valence-electron chi connectivity index (χ3n) is 6.26. The number of amides is 1. The van der Waals surface area contributed by atoms with Crippen molar-refractivity contribution >= 4 is 38.8 Å². The predicted octanol–water partition coefficient (Wildman–Crippen LogP) is 4.73. The molecule has 0 bridgehead atoms. The van der Waals surface area contributed by atoms with Gasteiger partial charge in [-0.15, -0.1) is 11.3 Å². The summed E-state index contributed by atoms with van der Waals surface area (Å²) < 4.78 is 10.9. The highest BCUT2D eigenvalue weighted by Crippen LogP contribution is 2.33. The van der Waals surface area contributed by atoms with Gasteiger partial charge in [-0.05, 0) is 29.1 Å². The normalized spacial score (nSPS) is 15.6. The average Bonchev–Trinajstić information content (AvgIpc) is 3.54. The summed E-state index contributed by atoms with van der Waals surface area (Å²) in [6.07, 6.45) is 0. The minimum atomic E-state index is -0.00931. The van der Waals surface area contributed by atoms with Crippen LogP contribution in [0.3, 0.4) is 0 Å². The van der Waals surface area contributed by atoms with E-state index in [1.54, 1.807) is 0 Å². The molecule has 0 unspecified atom stereocenters. The molecular weight excluding hydrogens is 448 g/mol. The molecule has 1 fully saturated rings. The Kier molecular flexibility index (Phi) is 5.52. The molecule has 7 nitrogen and oxygen atoms in total. The average molecular weight is 473 g/mol. The maximum Gasteiger partial charge on any atom is 0.273 e. The molecular formula is C26H24N4O3S. The van der Waals surface area contributed by atoms with E-state index in [1.807, 2.05) is 46.7 Å². The third-order valence-corrected chi connectivity index (χ3v) is 7.01. The molecule has 0 spiro atoms. The minimum Gasteiger partial charge on any atom is -0.454 e. The molecule has 3 aromatic carbocycles. The Balaban J connectivity index is 1.07. The molecule has 2 aliphatic rings. The maximum atomic E-state index is 13.1. The number of fused-ring (bicyclic) bond motifs is 2. The van der Waals surface area contributed by atoms with Crippen LogP contribution in [-0.2, 0) is 6.54 Å². The predicted molar refractivity (Wildman–Crippen MR) is 133 cm³/mol. The highest BCUT2D eigenvalue weighted by molar-refractivity contribution is 7.14. The number of benzene rings is 3. The van der Waals surface area contributed by atoms with Crippen molar-refractivity contribution in [1.82, 2.24) is 14.8 Å². The Morgan fingerprint density at radius 3 is 2.71 bits per heavy atom. The van der Waals surface area contributed by atoms with Crippen LogP contribution in [0, 0.1) is 0 Å². The number of hydrogen-bond donors (Lipinski definition) is 1. The molecule has 1 amide bonds. The summed E-state index contributed by atoms with van der Waals surface area (Å²) in [5, 5.41) is 8.25. The van der Waals surface area contributed by atoms with Crippen molar-refractivity contribution < 1.29 is 14.3 Å². The number of thiazole rings is 1. The van der Waals surface area contributed by atoms with Crippen LogP contribution in [0.15, 0.2) is 66.0 Å². The Morgan fingerprint density at radius 1 is 0.971 bits per heavy atom. The van der Waals surface area contributed by atoms with Gasteiger partial charge in [-0.25, -0.2) is 4.98 Å². The smallest absolute Gasteiger partial charge is 0.273 e. The summed E-state index contributed by atoms with van der Waals surface area (Å²) in [6.45, 7) is 4.14. The van der Waals surface area contributed by atoms with Gasteiger partial charge in [-0.2, -0.15) is 0 Å². The van der Waals surface area contributed by atoms with Gasteiger partial charge in [0.05, 0.1) is 0 Å². The molecule has 8 heteroatoms. The largest absolute Gasteiger partial charge is 0.454 e. The molecule has 0 atom stereocenters. The summed E-state index contributed by atoms with van der Waals surface area (Å²) in [4.78, 5) is 21.9. The molecule has 4 aromatic rings. The monoisotopic (exact) mass is 472 g/mol. The second kappa shape index (κ2) is 8.96. The zero-order valence-corrected chi connectivity index (χ0v) is 19.4. The molecule has 3 heterocycles. The lowest BCUT2D eigenvalue weighted by atomic mass is 10.1. The number of carbonyl (C=O) groups is 1. The Bertz CT molecular complexity index is 1340. The van der Waals surface area contributed by atoms with Gasteiger partial charge in [0.2, 0.25) is 6.79 Å². The van der Waals surface area contributed by atoms with Gasteiger partial charge in [0.15, 0.2) is 16.6 Å². The molecule has 1 N–H and O–H groups in total. The molecule has 1 saturated heterocycles. The number of nitrogens with one attached hydrogen (secondary N) is 1. The molecule has 34 heavy (non-hydrogen) atoms. The summed E-state index contributed by atoms with van der Waals surface area (Å²) in [6, 6.07) is 20.4. The number of nitrogens with zero attached hydrogens (tertiary/aromatic N) is 3. The quantitative estimate of drug-likeness (QED) is 0.453. The number of carbonyl (C=O) groups excluding carboxylic acids is 1. The van der Waals surface area contributed by atoms with Crippen LogP contribution in [0.4, 0.5) is 10.8 Å².